The molecule has 2 heterocycles. The third-order valence-corrected chi connectivity index (χ3v) is 2.03. The van der Waals surface area contributed by atoms with Gasteiger partial charge in [0, 0.05) is 6.20 Å². The minimum Gasteiger partial charge on any atom is -0.478 e. The van der Waals surface area contributed by atoms with E-state index < -0.39 is 12.1 Å². The van der Waals surface area contributed by atoms with Crippen LogP contribution in [0.25, 0.3) is 0 Å². The van der Waals surface area contributed by atoms with E-state index in [9.17, 15) is 9.59 Å². The molecule has 15 heavy (non-hydrogen) atoms. The Bertz CT molecular complexity index is 418. The summed E-state index contributed by atoms with van der Waals surface area (Å²) >= 11 is 0. The Balaban J connectivity index is 2.42. The van der Waals surface area contributed by atoms with E-state index >= 15 is 0 Å². The smallest absolute Gasteiger partial charge is 0.415 e. The lowest BCUT2D eigenvalue weighted by molar-refractivity contribution is 0.0697. The van der Waals surface area contributed by atoms with Gasteiger partial charge in [0.05, 0.1) is 6.54 Å². The van der Waals surface area contributed by atoms with E-state index in [2.05, 4.69) is 4.98 Å². The number of carbonyl (C=O) groups excluding carboxylic acids is 1. The van der Waals surface area contributed by atoms with Crippen LogP contribution < -0.4 is 4.90 Å². The van der Waals surface area contributed by atoms with E-state index in [1.54, 1.807) is 0 Å². The zero-order valence-corrected chi connectivity index (χ0v) is 7.71. The molecule has 1 fully saturated rings. The van der Waals surface area contributed by atoms with E-state index in [1.165, 1.54) is 23.2 Å². The van der Waals surface area contributed by atoms with Crippen molar-refractivity contribution < 1.29 is 19.4 Å². The molecule has 0 radical (unpaired) electrons. The van der Waals surface area contributed by atoms with Crippen molar-refractivity contribution in [3.63, 3.8) is 0 Å². The average Bonchev–Trinajstić information content (AvgIpc) is 2.64. The van der Waals surface area contributed by atoms with Crippen LogP contribution in [0.5, 0.6) is 0 Å². The van der Waals surface area contributed by atoms with E-state index in [1.807, 2.05) is 0 Å². The number of cyclic esters (lactones) is 1. The van der Waals surface area contributed by atoms with Crippen LogP contribution in [0.1, 0.15) is 10.4 Å². The van der Waals surface area contributed by atoms with Gasteiger partial charge < -0.3 is 9.84 Å². The molecule has 0 atom stereocenters. The first-order valence-electron chi connectivity index (χ1n) is 4.33. The molecule has 1 aromatic rings. The van der Waals surface area contributed by atoms with Crippen LogP contribution in [-0.2, 0) is 4.74 Å². The van der Waals surface area contributed by atoms with Gasteiger partial charge in [-0.25, -0.2) is 14.6 Å². The number of hydrogen-bond donors (Lipinski definition) is 1. The Morgan fingerprint density at radius 3 is 3.00 bits per heavy atom. The number of amides is 1. The molecule has 78 valence electrons. The first-order chi connectivity index (χ1) is 7.20. The molecule has 2 rings (SSSR count). The number of ether oxygens (including phenoxy) is 1. The van der Waals surface area contributed by atoms with E-state index in [0.717, 1.165) is 0 Å². The van der Waals surface area contributed by atoms with Crippen molar-refractivity contribution in [2.75, 3.05) is 18.1 Å². The van der Waals surface area contributed by atoms with Gasteiger partial charge in [-0.1, -0.05) is 0 Å². The highest BCUT2D eigenvalue weighted by Crippen LogP contribution is 2.20. The van der Waals surface area contributed by atoms with Crippen LogP contribution in [-0.4, -0.2) is 35.3 Å². The molecule has 1 aliphatic rings. The summed E-state index contributed by atoms with van der Waals surface area (Å²) in [4.78, 5) is 27.2. The molecule has 6 heteroatoms. The summed E-state index contributed by atoms with van der Waals surface area (Å²) in [5.41, 5.74) is -0.00338. The molecular formula is C9H8N2O4. The number of anilines is 1. The molecule has 0 aromatic carbocycles. The number of carboxylic acid groups (broad SMARTS) is 1. The fourth-order valence-electron chi connectivity index (χ4n) is 1.36. The summed E-state index contributed by atoms with van der Waals surface area (Å²) in [6.07, 6.45) is 0.879. The lowest BCUT2D eigenvalue weighted by Gasteiger charge is -2.13. The van der Waals surface area contributed by atoms with Crippen LogP contribution in [0.15, 0.2) is 18.3 Å². The standard InChI is InChI=1S/C9H8N2O4/c12-8(13)6-2-1-3-10-7(6)11-4-5-15-9(11)14/h1-3H,4-5H2,(H,12,13). The topological polar surface area (TPSA) is 79.7 Å². The molecule has 0 bridgehead atoms. The van der Waals surface area contributed by atoms with Crippen molar-refractivity contribution in [3.8, 4) is 0 Å². The predicted molar refractivity (Wildman–Crippen MR) is 49.9 cm³/mol. The first kappa shape index (κ1) is 9.45. The van der Waals surface area contributed by atoms with E-state index in [-0.39, 0.29) is 18.0 Å². The van der Waals surface area contributed by atoms with Crippen LogP contribution in [0.2, 0.25) is 0 Å². The third-order valence-electron chi connectivity index (χ3n) is 2.03. The van der Waals surface area contributed by atoms with Crippen LogP contribution in [0, 0.1) is 0 Å². The minimum absolute atomic E-state index is 0.00338. The van der Waals surface area contributed by atoms with E-state index in [0.29, 0.717) is 6.54 Å². The Hall–Kier alpha value is -2.11. The highest BCUT2D eigenvalue weighted by atomic mass is 16.6. The van der Waals surface area contributed by atoms with Gasteiger partial charge in [-0.05, 0) is 12.1 Å². The largest absolute Gasteiger partial charge is 0.478 e. The van der Waals surface area contributed by atoms with Gasteiger partial charge in [0.15, 0.2) is 5.82 Å². The molecule has 1 N–H and O–H groups in total. The normalized spacial score (nSPS) is 15.2. The summed E-state index contributed by atoms with van der Waals surface area (Å²) in [5, 5.41) is 8.89. The van der Waals surface area contributed by atoms with Gasteiger partial charge in [-0.2, -0.15) is 0 Å². The maximum absolute atomic E-state index is 11.2. The molecule has 1 aliphatic heterocycles. The van der Waals surface area contributed by atoms with E-state index in [4.69, 9.17) is 9.84 Å². The summed E-state index contributed by atoms with van der Waals surface area (Å²) in [5.74, 6) is -0.981. The van der Waals surface area contributed by atoms with Crippen LogP contribution in [0.3, 0.4) is 0 Å². The molecule has 0 saturated carbocycles. The second kappa shape index (κ2) is 3.56. The molecule has 1 amide bonds. The van der Waals surface area contributed by atoms with Crippen molar-refractivity contribution in [2.45, 2.75) is 0 Å². The first-order valence-corrected chi connectivity index (χ1v) is 4.33. The number of carbonyl (C=O) groups is 2. The highest BCUT2D eigenvalue weighted by Gasteiger charge is 2.28. The molecule has 0 spiro atoms. The van der Waals surface area contributed by atoms with Crippen molar-refractivity contribution in [3.05, 3.63) is 23.9 Å². The Kier molecular flexibility index (Phi) is 2.24. The van der Waals surface area contributed by atoms with Crippen molar-refractivity contribution in [1.29, 1.82) is 0 Å². The summed E-state index contributed by atoms with van der Waals surface area (Å²) in [6, 6.07) is 2.91. The van der Waals surface area contributed by atoms with Crippen molar-refractivity contribution in [2.24, 2.45) is 0 Å². The predicted octanol–water partition coefficient (Wildman–Crippen LogP) is 0.736. The van der Waals surface area contributed by atoms with Gasteiger partial charge in [-0.3, -0.25) is 4.90 Å². The number of nitrogens with zero attached hydrogens (tertiary/aromatic N) is 2. The molecule has 0 aliphatic carbocycles. The summed E-state index contributed by atoms with van der Waals surface area (Å²) in [7, 11) is 0. The lowest BCUT2D eigenvalue weighted by atomic mass is 10.2. The van der Waals surface area contributed by atoms with Gasteiger partial charge in [0.25, 0.3) is 0 Å². The van der Waals surface area contributed by atoms with Gasteiger partial charge in [-0.15, -0.1) is 0 Å². The highest BCUT2D eigenvalue weighted by molar-refractivity contribution is 5.99. The number of pyridine rings is 1. The fourth-order valence-corrected chi connectivity index (χ4v) is 1.36. The molecule has 1 saturated heterocycles. The maximum Gasteiger partial charge on any atom is 0.415 e. The molecule has 0 unspecified atom stereocenters. The average molecular weight is 208 g/mol. The SMILES string of the molecule is O=C(O)c1cccnc1N1CCOC1=O. The molecular weight excluding hydrogens is 200 g/mol. The van der Waals surface area contributed by atoms with Crippen LogP contribution >= 0.6 is 0 Å². The monoisotopic (exact) mass is 208 g/mol. The molecule has 6 nitrogen and oxygen atoms in total. The number of rotatable bonds is 2. The van der Waals surface area contributed by atoms with Gasteiger partial charge >= 0.3 is 12.1 Å². The quantitative estimate of drug-likeness (QED) is 0.775. The molecule has 1 aromatic heterocycles. The Morgan fingerprint density at radius 2 is 2.40 bits per heavy atom. The zero-order chi connectivity index (χ0) is 10.8. The van der Waals surface area contributed by atoms with Gasteiger partial charge in [0.2, 0.25) is 0 Å². The number of carboxylic acids is 1. The fraction of sp³-hybridized carbons (Fsp3) is 0.222. The van der Waals surface area contributed by atoms with Crippen molar-refractivity contribution >= 4 is 17.9 Å². The Morgan fingerprint density at radius 1 is 1.60 bits per heavy atom. The minimum atomic E-state index is -1.11. The second-order valence-electron chi connectivity index (χ2n) is 2.95. The third kappa shape index (κ3) is 1.61. The maximum atomic E-state index is 11.2. The second-order valence-corrected chi connectivity index (χ2v) is 2.95. The van der Waals surface area contributed by atoms with Crippen molar-refractivity contribution in [1.82, 2.24) is 4.98 Å². The number of aromatic carboxylic acids is 1. The Labute approximate surface area is 85.1 Å². The van der Waals surface area contributed by atoms with Crippen LogP contribution in [0.4, 0.5) is 10.6 Å². The number of aromatic nitrogens is 1. The summed E-state index contributed by atoms with van der Waals surface area (Å²) in [6.45, 7) is 0.588. The number of hydrogen-bond acceptors (Lipinski definition) is 4. The summed E-state index contributed by atoms with van der Waals surface area (Å²) < 4.78 is 4.71. The van der Waals surface area contributed by atoms with Gasteiger partial charge in [0.1, 0.15) is 12.2 Å². The lowest BCUT2D eigenvalue weighted by Crippen LogP contribution is -2.26. The zero-order valence-electron chi connectivity index (χ0n) is 7.71.